The molecule has 0 bridgehead atoms. The van der Waals surface area contributed by atoms with Gasteiger partial charge in [-0.05, 0) is 36.4 Å². The summed E-state index contributed by atoms with van der Waals surface area (Å²) in [6, 6.07) is 9.93. The zero-order valence-corrected chi connectivity index (χ0v) is 10.2. The SMILES string of the molecule is CC(=C/c1ccccc1)/C=C1/NC(=S)NC1=O. The van der Waals surface area contributed by atoms with Gasteiger partial charge in [0.2, 0.25) is 0 Å². The lowest BCUT2D eigenvalue weighted by molar-refractivity contribution is -0.115. The van der Waals surface area contributed by atoms with Crippen molar-refractivity contribution >= 4 is 29.3 Å². The minimum Gasteiger partial charge on any atom is -0.328 e. The van der Waals surface area contributed by atoms with Gasteiger partial charge in [0, 0.05) is 0 Å². The Hall–Kier alpha value is -1.94. The molecule has 1 heterocycles. The lowest BCUT2D eigenvalue weighted by Gasteiger charge is -1.97. The van der Waals surface area contributed by atoms with Crippen LogP contribution in [0.2, 0.25) is 0 Å². The zero-order chi connectivity index (χ0) is 12.3. The van der Waals surface area contributed by atoms with Crippen molar-refractivity contribution in [3.05, 3.63) is 53.2 Å². The molecule has 3 nitrogen and oxygen atoms in total. The predicted molar refractivity (Wildman–Crippen MR) is 72.1 cm³/mol. The molecule has 0 saturated carbocycles. The van der Waals surface area contributed by atoms with Crippen molar-refractivity contribution in [1.82, 2.24) is 10.6 Å². The van der Waals surface area contributed by atoms with Gasteiger partial charge in [0.15, 0.2) is 5.11 Å². The molecule has 0 aromatic heterocycles. The van der Waals surface area contributed by atoms with E-state index in [0.717, 1.165) is 11.1 Å². The molecule has 86 valence electrons. The number of carbonyl (C=O) groups excluding carboxylic acids is 1. The van der Waals surface area contributed by atoms with E-state index in [-0.39, 0.29) is 5.91 Å². The highest BCUT2D eigenvalue weighted by molar-refractivity contribution is 7.80. The van der Waals surface area contributed by atoms with Crippen LogP contribution in [0.3, 0.4) is 0 Å². The van der Waals surface area contributed by atoms with Gasteiger partial charge in [-0.2, -0.15) is 0 Å². The van der Waals surface area contributed by atoms with E-state index in [9.17, 15) is 4.79 Å². The van der Waals surface area contributed by atoms with E-state index in [1.54, 1.807) is 6.08 Å². The zero-order valence-electron chi connectivity index (χ0n) is 9.36. The molecule has 1 aliphatic rings. The third-order valence-electron chi connectivity index (χ3n) is 2.29. The number of hydrogen-bond acceptors (Lipinski definition) is 2. The Bertz CT molecular complexity index is 517. The van der Waals surface area contributed by atoms with Crippen LogP contribution < -0.4 is 10.6 Å². The fourth-order valence-electron chi connectivity index (χ4n) is 1.56. The van der Waals surface area contributed by atoms with E-state index in [4.69, 9.17) is 12.2 Å². The van der Waals surface area contributed by atoms with Crippen molar-refractivity contribution in [1.29, 1.82) is 0 Å². The first-order chi connectivity index (χ1) is 8.15. The Morgan fingerprint density at radius 2 is 1.94 bits per heavy atom. The molecular formula is C13H12N2OS. The van der Waals surface area contributed by atoms with Gasteiger partial charge >= 0.3 is 0 Å². The van der Waals surface area contributed by atoms with E-state index in [1.807, 2.05) is 43.3 Å². The topological polar surface area (TPSA) is 41.1 Å². The molecule has 2 N–H and O–H groups in total. The molecule has 1 aliphatic heterocycles. The van der Waals surface area contributed by atoms with Crippen LogP contribution in [-0.2, 0) is 4.79 Å². The number of carbonyl (C=O) groups is 1. The number of benzene rings is 1. The first-order valence-electron chi connectivity index (χ1n) is 5.22. The first-order valence-corrected chi connectivity index (χ1v) is 5.63. The van der Waals surface area contributed by atoms with E-state index < -0.39 is 0 Å². The largest absolute Gasteiger partial charge is 0.328 e. The number of nitrogens with one attached hydrogen (secondary N) is 2. The summed E-state index contributed by atoms with van der Waals surface area (Å²) in [6.45, 7) is 1.94. The van der Waals surface area contributed by atoms with Crippen LogP contribution in [0.25, 0.3) is 6.08 Å². The molecule has 0 unspecified atom stereocenters. The molecule has 17 heavy (non-hydrogen) atoms. The first kappa shape index (κ1) is 11.5. The fourth-order valence-corrected chi connectivity index (χ4v) is 1.77. The van der Waals surface area contributed by atoms with E-state index in [0.29, 0.717) is 10.8 Å². The van der Waals surface area contributed by atoms with Gasteiger partial charge in [-0.3, -0.25) is 10.1 Å². The lowest BCUT2D eigenvalue weighted by Crippen LogP contribution is -2.21. The minimum atomic E-state index is -0.184. The highest BCUT2D eigenvalue weighted by Crippen LogP contribution is 2.09. The number of rotatable bonds is 2. The van der Waals surface area contributed by atoms with Crippen LogP contribution >= 0.6 is 12.2 Å². The van der Waals surface area contributed by atoms with Crippen molar-refractivity contribution in [3.63, 3.8) is 0 Å². The van der Waals surface area contributed by atoms with Gasteiger partial charge in [0.25, 0.3) is 5.91 Å². The average molecular weight is 244 g/mol. The van der Waals surface area contributed by atoms with Gasteiger partial charge in [-0.1, -0.05) is 36.4 Å². The molecule has 1 amide bonds. The van der Waals surface area contributed by atoms with Crippen molar-refractivity contribution in [3.8, 4) is 0 Å². The Kier molecular flexibility index (Phi) is 3.35. The summed E-state index contributed by atoms with van der Waals surface area (Å²) in [4.78, 5) is 11.4. The number of thiocarbonyl (C=S) groups is 1. The van der Waals surface area contributed by atoms with Crippen LogP contribution in [0.5, 0.6) is 0 Å². The maximum Gasteiger partial charge on any atom is 0.273 e. The van der Waals surface area contributed by atoms with Gasteiger partial charge in [0.05, 0.1) is 0 Å². The maximum absolute atomic E-state index is 11.4. The molecule has 0 radical (unpaired) electrons. The van der Waals surface area contributed by atoms with Crippen LogP contribution in [0, 0.1) is 0 Å². The second kappa shape index (κ2) is 4.93. The number of allylic oxidation sites excluding steroid dienone is 2. The average Bonchev–Trinajstić information content (AvgIpc) is 2.58. The fraction of sp³-hybridized carbons (Fsp3) is 0.0769. The van der Waals surface area contributed by atoms with Crippen molar-refractivity contribution in [2.24, 2.45) is 0 Å². The van der Waals surface area contributed by atoms with E-state index in [1.165, 1.54) is 0 Å². The van der Waals surface area contributed by atoms with Gasteiger partial charge < -0.3 is 5.32 Å². The highest BCUT2D eigenvalue weighted by atomic mass is 32.1. The number of amides is 1. The summed E-state index contributed by atoms with van der Waals surface area (Å²) >= 11 is 4.85. The van der Waals surface area contributed by atoms with Gasteiger partial charge in [-0.25, -0.2) is 0 Å². The Morgan fingerprint density at radius 3 is 2.53 bits per heavy atom. The molecule has 1 saturated heterocycles. The molecule has 1 fully saturated rings. The number of hydrogen-bond donors (Lipinski definition) is 2. The van der Waals surface area contributed by atoms with Crippen LogP contribution in [-0.4, -0.2) is 11.0 Å². The maximum atomic E-state index is 11.4. The Morgan fingerprint density at radius 1 is 1.24 bits per heavy atom. The van der Waals surface area contributed by atoms with Crippen molar-refractivity contribution < 1.29 is 4.79 Å². The molecule has 0 atom stereocenters. The van der Waals surface area contributed by atoms with Crippen LogP contribution in [0.15, 0.2) is 47.7 Å². The summed E-state index contributed by atoms with van der Waals surface area (Å²) in [5.74, 6) is -0.184. The standard InChI is InChI=1S/C13H12N2OS/c1-9(7-10-5-3-2-4-6-10)8-11-12(16)15-13(17)14-11/h2-8H,1H3,(H2,14,15,16,17)/b9-7-,11-8+. The summed E-state index contributed by atoms with van der Waals surface area (Å²) in [7, 11) is 0. The molecule has 0 spiro atoms. The smallest absolute Gasteiger partial charge is 0.273 e. The van der Waals surface area contributed by atoms with Crippen LogP contribution in [0.4, 0.5) is 0 Å². The molecule has 2 rings (SSSR count). The summed E-state index contributed by atoms with van der Waals surface area (Å²) in [6.07, 6.45) is 3.78. The van der Waals surface area contributed by atoms with Crippen molar-refractivity contribution in [2.45, 2.75) is 6.92 Å². The second-order valence-corrected chi connectivity index (χ2v) is 4.17. The normalized spacial score (nSPS) is 18.2. The molecule has 1 aromatic carbocycles. The molecule has 4 heteroatoms. The summed E-state index contributed by atoms with van der Waals surface area (Å²) in [5.41, 5.74) is 2.57. The van der Waals surface area contributed by atoms with Crippen molar-refractivity contribution in [2.75, 3.05) is 0 Å². The van der Waals surface area contributed by atoms with Crippen LogP contribution in [0.1, 0.15) is 12.5 Å². The Balaban J connectivity index is 2.19. The summed E-state index contributed by atoms with van der Waals surface area (Å²) in [5, 5.41) is 5.69. The quantitative estimate of drug-likeness (QED) is 0.617. The Labute approximate surface area is 105 Å². The summed E-state index contributed by atoms with van der Waals surface area (Å²) < 4.78 is 0. The van der Waals surface area contributed by atoms with Gasteiger partial charge in [-0.15, -0.1) is 0 Å². The minimum absolute atomic E-state index is 0.184. The van der Waals surface area contributed by atoms with Gasteiger partial charge in [0.1, 0.15) is 5.70 Å². The third kappa shape index (κ3) is 3.01. The molecule has 1 aromatic rings. The second-order valence-electron chi connectivity index (χ2n) is 3.77. The monoisotopic (exact) mass is 244 g/mol. The third-order valence-corrected chi connectivity index (χ3v) is 2.49. The highest BCUT2D eigenvalue weighted by Gasteiger charge is 2.19. The predicted octanol–water partition coefficient (Wildman–Crippen LogP) is 1.98. The lowest BCUT2D eigenvalue weighted by atomic mass is 10.1. The molecule has 0 aliphatic carbocycles. The van der Waals surface area contributed by atoms with E-state index >= 15 is 0 Å². The van der Waals surface area contributed by atoms with E-state index in [2.05, 4.69) is 10.6 Å². The molecular weight excluding hydrogens is 232 g/mol.